The molecular formula is C19H13N3. The van der Waals surface area contributed by atoms with Gasteiger partial charge in [0.15, 0.2) is 5.65 Å². The Morgan fingerprint density at radius 1 is 1.00 bits per heavy atom. The lowest BCUT2D eigenvalue weighted by molar-refractivity contribution is 1.19. The van der Waals surface area contributed by atoms with Gasteiger partial charge in [0.25, 0.3) is 0 Å². The van der Waals surface area contributed by atoms with E-state index in [1.165, 1.54) is 0 Å². The van der Waals surface area contributed by atoms with Gasteiger partial charge < -0.3 is 0 Å². The molecule has 22 heavy (non-hydrogen) atoms. The molecule has 4 rings (SSSR count). The van der Waals surface area contributed by atoms with Crippen LogP contribution < -0.4 is 0 Å². The van der Waals surface area contributed by atoms with Gasteiger partial charge in [-0.3, -0.25) is 4.40 Å². The zero-order valence-corrected chi connectivity index (χ0v) is 12.1. The van der Waals surface area contributed by atoms with Gasteiger partial charge in [0, 0.05) is 11.8 Å². The lowest BCUT2D eigenvalue weighted by Gasteiger charge is -2.10. The van der Waals surface area contributed by atoms with Gasteiger partial charge in [0.1, 0.15) is 6.07 Å². The minimum Gasteiger partial charge on any atom is -0.298 e. The Bertz CT molecular complexity index is 1040. The molecule has 0 aliphatic rings. The predicted molar refractivity (Wildman–Crippen MR) is 87.6 cm³/mol. The van der Waals surface area contributed by atoms with Crippen LogP contribution in [0.3, 0.4) is 0 Å². The van der Waals surface area contributed by atoms with Crippen molar-refractivity contribution in [2.24, 2.45) is 0 Å². The minimum absolute atomic E-state index is 0.637. The minimum atomic E-state index is 0.637. The third-order valence-electron chi connectivity index (χ3n) is 4.05. The van der Waals surface area contributed by atoms with Crippen molar-refractivity contribution in [3.63, 3.8) is 0 Å². The van der Waals surface area contributed by atoms with Crippen molar-refractivity contribution in [3.8, 4) is 17.2 Å². The molecule has 2 aromatic heterocycles. The highest BCUT2D eigenvalue weighted by Gasteiger charge is 2.15. The van der Waals surface area contributed by atoms with Gasteiger partial charge >= 0.3 is 0 Å². The Morgan fingerprint density at radius 3 is 2.50 bits per heavy atom. The fraction of sp³-hybridized carbons (Fsp3) is 0.0526. The summed E-state index contributed by atoms with van der Waals surface area (Å²) in [6.07, 6.45) is 2.08. The van der Waals surface area contributed by atoms with Crippen LogP contribution in [0.1, 0.15) is 11.1 Å². The summed E-state index contributed by atoms with van der Waals surface area (Å²) >= 11 is 0. The summed E-state index contributed by atoms with van der Waals surface area (Å²) in [5.41, 5.74) is 6.42. The van der Waals surface area contributed by atoms with E-state index in [0.29, 0.717) is 5.56 Å². The number of aromatic nitrogens is 2. The molecular weight excluding hydrogens is 270 g/mol. The maximum Gasteiger partial charge on any atom is 0.156 e. The van der Waals surface area contributed by atoms with Crippen molar-refractivity contribution in [2.75, 3.05) is 0 Å². The van der Waals surface area contributed by atoms with E-state index < -0.39 is 0 Å². The number of nitriles is 1. The Hall–Kier alpha value is -3.12. The van der Waals surface area contributed by atoms with E-state index in [0.717, 1.165) is 33.4 Å². The zero-order chi connectivity index (χ0) is 15.1. The molecule has 0 aliphatic heterocycles. The molecule has 0 unspecified atom stereocenters. The van der Waals surface area contributed by atoms with Crippen molar-refractivity contribution in [1.82, 2.24) is 9.38 Å². The summed E-state index contributed by atoms with van der Waals surface area (Å²) in [5, 5.41) is 9.61. The fourth-order valence-electron chi connectivity index (χ4n) is 2.92. The number of para-hydroxylation sites is 2. The molecule has 0 atom stereocenters. The predicted octanol–water partition coefficient (Wildman–Crippen LogP) is 4.33. The Kier molecular flexibility index (Phi) is 2.70. The average Bonchev–Trinajstić information content (AvgIpc) is 2.93. The normalized spacial score (nSPS) is 10.9. The number of nitrogens with zero attached hydrogens (tertiary/aromatic N) is 3. The molecule has 3 heteroatoms. The number of benzene rings is 2. The molecule has 0 saturated carbocycles. The first-order valence-electron chi connectivity index (χ1n) is 7.15. The number of imidazole rings is 1. The lowest BCUT2D eigenvalue weighted by Crippen LogP contribution is -1.96. The zero-order valence-electron chi connectivity index (χ0n) is 12.1. The number of hydrogen-bond acceptors (Lipinski definition) is 2. The molecule has 104 valence electrons. The number of hydrogen-bond donors (Lipinski definition) is 0. The molecule has 0 radical (unpaired) electrons. The van der Waals surface area contributed by atoms with E-state index >= 15 is 0 Å². The van der Waals surface area contributed by atoms with Crippen LogP contribution in [-0.2, 0) is 0 Å². The second-order valence-electron chi connectivity index (χ2n) is 5.31. The monoisotopic (exact) mass is 283 g/mol. The van der Waals surface area contributed by atoms with E-state index in [9.17, 15) is 5.26 Å². The molecule has 0 saturated heterocycles. The first-order valence-corrected chi connectivity index (χ1v) is 7.15. The van der Waals surface area contributed by atoms with Gasteiger partial charge in [0.05, 0.1) is 16.6 Å². The summed E-state index contributed by atoms with van der Waals surface area (Å²) < 4.78 is 2.02. The van der Waals surface area contributed by atoms with Crippen LogP contribution in [0, 0.1) is 18.3 Å². The highest BCUT2D eigenvalue weighted by atomic mass is 15.0. The molecule has 0 fully saturated rings. The van der Waals surface area contributed by atoms with Gasteiger partial charge in [-0.2, -0.15) is 5.26 Å². The summed E-state index contributed by atoms with van der Waals surface area (Å²) in [6.45, 7) is 1.99. The van der Waals surface area contributed by atoms with Gasteiger partial charge in [0.2, 0.25) is 0 Å². The SMILES string of the molecule is Cc1c(-c2ccccc2)cn2c(nc3ccccc32)c1C#N. The topological polar surface area (TPSA) is 41.1 Å². The van der Waals surface area contributed by atoms with Crippen LogP contribution in [-0.4, -0.2) is 9.38 Å². The summed E-state index contributed by atoms with van der Waals surface area (Å²) in [4.78, 5) is 4.62. The highest BCUT2D eigenvalue weighted by Crippen LogP contribution is 2.30. The second-order valence-corrected chi connectivity index (χ2v) is 5.31. The van der Waals surface area contributed by atoms with Crippen LogP contribution in [0.2, 0.25) is 0 Å². The van der Waals surface area contributed by atoms with Gasteiger partial charge in [-0.15, -0.1) is 0 Å². The van der Waals surface area contributed by atoms with Crippen molar-refractivity contribution < 1.29 is 0 Å². The highest BCUT2D eigenvalue weighted by molar-refractivity contribution is 5.85. The molecule has 0 spiro atoms. The standard InChI is InChI=1S/C19H13N3/c1-13-15(11-20)19-21-17-9-5-6-10-18(17)22(19)12-16(13)14-7-3-2-4-8-14/h2-10,12H,1H3. The summed E-state index contributed by atoms with van der Waals surface area (Å²) in [5.74, 6) is 0. The molecule has 0 amide bonds. The Morgan fingerprint density at radius 2 is 1.73 bits per heavy atom. The van der Waals surface area contributed by atoms with Gasteiger partial charge in [-0.1, -0.05) is 42.5 Å². The number of pyridine rings is 1. The van der Waals surface area contributed by atoms with Crippen LogP contribution in [0.5, 0.6) is 0 Å². The first kappa shape index (κ1) is 12.6. The molecule has 3 nitrogen and oxygen atoms in total. The number of fused-ring (bicyclic) bond motifs is 3. The fourth-order valence-corrected chi connectivity index (χ4v) is 2.92. The van der Waals surface area contributed by atoms with Crippen LogP contribution in [0.25, 0.3) is 27.8 Å². The molecule has 2 heterocycles. The maximum absolute atomic E-state index is 9.61. The van der Waals surface area contributed by atoms with E-state index in [-0.39, 0.29) is 0 Å². The first-order chi connectivity index (χ1) is 10.8. The van der Waals surface area contributed by atoms with E-state index in [2.05, 4.69) is 29.4 Å². The van der Waals surface area contributed by atoms with Crippen molar-refractivity contribution >= 4 is 16.7 Å². The van der Waals surface area contributed by atoms with E-state index in [4.69, 9.17) is 0 Å². The average molecular weight is 283 g/mol. The Balaban J connectivity index is 2.18. The van der Waals surface area contributed by atoms with Crippen LogP contribution >= 0.6 is 0 Å². The number of rotatable bonds is 1. The van der Waals surface area contributed by atoms with Gasteiger partial charge in [-0.25, -0.2) is 4.98 Å². The third kappa shape index (κ3) is 1.71. The van der Waals surface area contributed by atoms with E-state index in [1.54, 1.807) is 0 Å². The summed E-state index contributed by atoms with van der Waals surface area (Å²) in [7, 11) is 0. The molecule has 0 bridgehead atoms. The lowest BCUT2D eigenvalue weighted by atomic mass is 9.99. The molecule has 0 aliphatic carbocycles. The summed E-state index contributed by atoms with van der Waals surface area (Å²) in [6, 6.07) is 20.4. The van der Waals surface area contributed by atoms with Crippen LogP contribution in [0.15, 0.2) is 60.8 Å². The van der Waals surface area contributed by atoms with Crippen LogP contribution in [0.4, 0.5) is 0 Å². The smallest absolute Gasteiger partial charge is 0.156 e. The third-order valence-corrected chi connectivity index (χ3v) is 4.05. The van der Waals surface area contributed by atoms with E-state index in [1.807, 2.05) is 53.8 Å². The largest absolute Gasteiger partial charge is 0.298 e. The Labute approximate surface area is 128 Å². The molecule has 4 aromatic rings. The van der Waals surface area contributed by atoms with Crippen molar-refractivity contribution in [3.05, 3.63) is 71.9 Å². The molecule has 0 N–H and O–H groups in total. The quantitative estimate of drug-likeness (QED) is 0.521. The maximum atomic E-state index is 9.61. The molecule has 2 aromatic carbocycles. The van der Waals surface area contributed by atoms with Crippen molar-refractivity contribution in [1.29, 1.82) is 5.26 Å². The van der Waals surface area contributed by atoms with Gasteiger partial charge in [-0.05, 0) is 30.2 Å². The van der Waals surface area contributed by atoms with Crippen molar-refractivity contribution in [2.45, 2.75) is 6.92 Å². The second kappa shape index (κ2) is 4.71.